The van der Waals surface area contributed by atoms with Crippen molar-refractivity contribution in [2.75, 3.05) is 7.11 Å². The topological polar surface area (TPSA) is 26.3 Å². The third-order valence-corrected chi connectivity index (χ3v) is 6.14. The number of rotatable bonds is 8. The summed E-state index contributed by atoms with van der Waals surface area (Å²) < 4.78 is 5.65. The minimum Gasteiger partial charge on any atom is -0.496 e. The van der Waals surface area contributed by atoms with Gasteiger partial charge in [-0.3, -0.25) is 4.79 Å². The van der Waals surface area contributed by atoms with Gasteiger partial charge in [-0.2, -0.15) is 0 Å². The van der Waals surface area contributed by atoms with Gasteiger partial charge in [0.05, 0.1) is 7.11 Å². The van der Waals surface area contributed by atoms with Crippen LogP contribution in [0.1, 0.15) is 78.2 Å². The Morgan fingerprint density at radius 2 is 1.97 bits per heavy atom. The zero-order chi connectivity index (χ0) is 23.3. The van der Waals surface area contributed by atoms with E-state index in [1.165, 1.54) is 29.5 Å². The summed E-state index contributed by atoms with van der Waals surface area (Å²) in [6.07, 6.45) is 13.1. The normalized spacial score (nSPS) is 15.0. The maximum Gasteiger partial charge on any atom is 0.160 e. The monoisotopic (exact) mass is 426 g/mol. The number of hydrogen-bond donors (Lipinski definition) is 0. The van der Waals surface area contributed by atoms with E-state index in [1.807, 2.05) is 19.1 Å². The number of carbonyl (C=O) groups is 1. The number of fused-ring (bicyclic) bond motifs is 1. The lowest BCUT2D eigenvalue weighted by Gasteiger charge is -2.10. The van der Waals surface area contributed by atoms with Gasteiger partial charge < -0.3 is 4.74 Å². The minimum absolute atomic E-state index is 0.0934. The molecule has 0 spiro atoms. The number of aryl methyl sites for hydroxylation is 1. The molecule has 0 atom stereocenters. The van der Waals surface area contributed by atoms with E-state index >= 15 is 0 Å². The second kappa shape index (κ2) is 10.5. The number of methoxy groups -OCH3 is 1. The van der Waals surface area contributed by atoms with Crippen molar-refractivity contribution in [2.45, 2.75) is 53.4 Å². The Hall–Kier alpha value is -3.13. The Labute approximate surface area is 193 Å². The predicted octanol–water partition coefficient (Wildman–Crippen LogP) is 8.01. The molecule has 0 saturated heterocycles. The van der Waals surface area contributed by atoms with Crippen LogP contribution in [-0.4, -0.2) is 12.9 Å². The number of allylic oxidation sites excluding steroid dienone is 6. The summed E-state index contributed by atoms with van der Waals surface area (Å²) >= 11 is 0. The first-order chi connectivity index (χ1) is 15.3. The Balaban J connectivity index is 1.93. The van der Waals surface area contributed by atoms with Crippen molar-refractivity contribution >= 4 is 23.0 Å². The van der Waals surface area contributed by atoms with E-state index in [1.54, 1.807) is 14.0 Å². The minimum atomic E-state index is 0.0934. The number of benzene rings is 2. The highest BCUT2D eigenvalue weighted by Gasteiger charge is 2.22. The third-order valence-electron chi connectivity index (χ3n) is 6.14. The lowest BCUT2D eigenvalue weighted by molar-refractivity contribution is 0.101. The van der Waals surface area contributed by atoms with Crippen LogP contribution >= 0.6 is 0 Å². The van der Waals surface area contributed by atoms with Gasteiger partial charge in [-0.1, -0.05) is 56.7 Å². The van der Waals surface area contributed by atoms with E-state index in [4.69, 9.17) is 4.74 Å². The van der Waals surface area contributed by atoms with Crippen molar-refractivity contribution in [2.24, 2.45) is 0 Å². The lowest BCUT2D eigenvalue weighted by atomic mass is 9.97. The molecule has 0 N–H and O–H groups in total. The average Bonchev–Trinajstić information content (AvgIpc) is 3.06. The Kier molecular flexibility index (Phi) is 7.69. The molecule has 0 bridgehead atoms. The van der Waals surface area contributed by atoms with Gasteiger partial charge in [0.1, 0.15) is 5.75 Å². The Morgan fingerprint density at radius 3 is 2.66 bits per heavy atom. The second-order valence-corrected chi connectivity index (χ2v) is 8.58. The highest BCUT2D eigenvalue weighted by molar-refractivity contribution is 5.99. The number of unbranched alkanes of at least 4 members (excludes halogenated alkanes) is 2. The lowest BCUT2D eigenvalue weighted by Crippen LogP contribution is -1.98. The molecule has 0 unspecified atom stereocenters. The summed E-state index contributed by atoms with van der Waals surface area (Å²) in [6, 6.07) is 10.4. The molecule has 1 aliphatic carbocycles. The van der Waals surface area contributed by atoms with E-state index in [9.17, 15) is 4.79 Å². The molecule has 166 valence electrons. The largest absolute Gasteiger partial charge is 0.496 e. The van der Waals surface area contributed by atoms with E-state index in [-0.39, 0.29) is 5.78 Å². The van der Waals surface area contributed by atoms with Crippen molar-refractivity contribution in [3.63, 3.8) is 0 Å². The van der Waals surface area contributed by atoms with Crippen molar-refractivity contribution in [1.82, 2.24) is 0 Å². The fraction of sp³-hybridized carbons (Fsp3) is 0.300. The van der Waals surface area contributed by atoms with Gasteiger partial charge >= 0.3 is 0 Å². The Morgan fingerprint density at radius 1 is 1.19 bits per heavy atom. The van der Waals surface area contributed by atoms with E-state index < -0.39 is 0 Å². The van der Waals surface area contributed by atoms with E-state index in [0.29, 0.717) is 0 Å². The molecule has 0 radical (unpaired) electrons. The number of ketones is 1. The zero-order valence-electron chi connectivity index (χ0n) is 20.0. The molecule has 2 nitrogen and oxygen atoms in total. The summed E-state index contributed by atoms with van der Waals surface area (Å²) in [5, 5.41) is 0. The van der Waals surface area contributed by atoms with Crippen LogP contribution in [0.4, 0.5) is 0 Å². The van der Waals surface area contributed by atoms with Gasteiger partial charge in [0.15, 0.2) is 5.78 Å². The fourth-order valence-electron chi connectivity index (χ4n) is 4.20. The van der Waals surface area contributed by atoms with Crippen molar-refractivity contribution in [1.29, 1.82) is 0 Å². The molecule has 0 aliphatic heterocycles. The maximum atomic E-state index is 12.0. The summed E-state index contributed by atoms with van der Waals surface area (Å²) in [4.78, 5) is 12.0. The van der Waals surface area contributed by atoms with E-state index in [2.05, 4.69) is 62.9 Å². The van der Waals surface area contributed by atoms with Crippen molar-refractivity contribution in [3.05, 3.63) is 94.1 Å². The fourth-order valence-corrected chi connectivity index (χ4v) is 4.20. The molecular formula is C30H34O2. The summed E-state index contributed by atoms with van der Waals surface area (Å²) in [5.74, 6) is 0.938. The van der Waals surface area contributed by atoms with Crippen LogP contribution in [0.2, 0.25) is 0 Å². The summed E-state index contributed by atoms with van der Waals surface area (Å²) in [6.45, 7) is 12.3. The first kappa shape index (κ1) is 23.5. The van der Waals surface area contributed by atoms with E-state index in [0.717, 1.165) is 52.0 Å². The predicted molar refractivity (Wildman–Crippen MR) is 137 cm³/mol. The first-order valence-electron chi connectivity index (χ1n) is 11.4. The van der Waals surface area contributed by atoms with Crippen LogP contribution in [0.3, 0.4) is 0 Å². The molecule has 0 saturated carbocycles. The van der Waals surface area contributed by atoms with Crippen LogP contribution in [-0.2, 0) is 6.42 Å². The van der Waals surface area contributed by atoms with Gasteiger partial charge in [0.25, 0.3) is 0 Å². The van der Waals surface area contributed by atoms with Crippen LogP contribution in [0.5, 0.6) is 5.75 Å². The molecule has 3 rings (SSSR count). The quantitative estimate of drug-likeness (QED) is 0.243. The molecule has 1 aliphatic rings. The number of ether oxygens (including phenoxy) is 1. The molecule has 32 heavy (non-hydrogen) atoms. The molecule has 2 aromatic rings. The molecule has 0 heterocycles. The van der Waals surface area contributed by atoms with Crippen LogP contribution in [0.15, 0.2) is 60.7 Å². The molecular weight excluding hydrogens is 392 g/mol. The van der Waals surface area contributed by atoms with Crippen LogP contribution < -0.4 is 4.74 Å². The smallest absolute Gasteiger partial charge is 0.160 e. The van der Waals surface area contributed by atoms with Crippen molar-refractivity contribution in [3.8, 4) is 5.75 Å². The molecule has 0 aromatic heterocycles. The average molecular weight is 427 g/mol. The van der Waals surface area contributed by atoms with Crippen molar-refractivity contribution < 1.29 is 9.53 Å². The molecule has 2 aromatic carbocycles. The standard InChI is InChI=1S/C30H34O2/c1-7-8-9-10-11-12-20(2)24-13-14-30(32-6)27(16-24)18-25-17-26-15-21(3)28(23(5)31)19-29(26)22(25)4/h10-16,18-19H,4,7-9,17H2,1-3,5-6H3/b11-10-,20-12+,25-18+. The summed E-state index contributed by atoms with van der Waals surface area (Å²) in [7, 11) is 1.71. The van der Waals surface area contributed by atoms with Gasteiger partial charge in [0.2, 0.25) is 0 Å². The Bertz CT molecular complexity index is 1130. The van der Waals surface area contributed by atoms with Gasteiger partial charge in [-0.05, 0) is 96.9 Å². The highest BCUT2D eigenvalue weighted by Crippen LogP contribution is 2.39. The SMILES string of the molecule is C=C1/C(=C/c2cc(/C(C)=C/C=C\CCCC)ccc2OC)Cc2cc(C)c(C(C)=O)cc21. The third kappa shape index (κ3) is 5.19. The number of carbonyl (C=O) groups excluding carboxylic acids is 1. The van der Waals surface area contributed by atoms with Gasteiger partial charge in [-0.25, -0.2) is 0 Å². The molecule has 0 fully saturated rings. The van der Waals surface area contributed by atoms with Crippen LogP contribution in [0.25, 0.3) is 17.2 Å². The summed E-state index contributed by atoms with van der Waals surface area (Å²) in [5.41, 5.74) is 9.69. The molecule has 0 amide bonds. The van der Waals surface area contributed by atoms with Gasteiger partial charge in [0, 0.05) is 11.1 Å². The first-order valence-corrected chi connectivity index (χ1v) is 11.4. The number of hydrogen-bond acceptors (Lipinski definition) is 2. The highest BCUT2D eigenvalue weighted by atomic mass is 16.5. The van der Waals surface area contributed by atoms with Gasteiger partial charge in [-0.15, -0.1) is 0 Å². The maximum absolute atomic E-state index is 12.0. The second-order valence-electron chi connectivity index (χ2n) is 8.58. The molecule has 2 heteroatoms. The van der Waals surface area contributed by atoms with Crippen LogP contribution in [0, 0.1) is 6.92 Å². The number of Topliss-reactive ketones (excluding diaryl/α,β-unsaturated/α-hetero) is 1. The zero-order valence-corrected chi connectivity index (χ0v) is 20.0.